The first-order valence-corrected chi connectivity index (χ1v) is 11.1. The van der Waals surface area contributed by atoms with Crippen molar-refractivity contribution in [3.63, 3.8) is 0 Å². The molecule has 0 heterocycles. The average Bonchev–Trinajstić information content (AvgIpc) is 2.67. The molecule has 0 aliphatic heterocycles. The molecule has 1 saturated carbocycles. The van der Waals surface area contributed by atoms with Crippen LogP contribution < -0.4 is 4.74 Å². The number of benzene rings is 2. The van der Waals surface area contributed by atoms with Crippen LogP contribution in [-0.2, 0) is 14.3 Å². The Hall–Kier alpha value is -1.85. The molecular weight excluding hydrogens is 360 g/mol. The van der Waals surface area contributed by atoms with Gasteiger partial charge in [0.25, 0.3) is 10.1 Å². The second-order valence-electron chi connectivity index (χ2n) is 7.25. The Balaban J connectivity index is 1.54. The number of aryl methyl sites for hydroxylation is 1. The van der Waals surface area contributed by atoms with E-state index in [2.05, 4.69) is 19.1 Å². The molecule has 3 rings (SSSR count). The molecule has 0 atom stereocenters. The standard InChI is InChI=1S/C22H28O4S/c1-3-16-25-20-10-6-18(7-11-20)19-8-12-21(13-9-19)26-27(23,24)22-14-4-17(2)5-15-22/h4-7,10-11,14-15,19,21H,3,8-9,12-13,16H2,1-2H3. The molecule has 0 bridgehead atoms. The van der Waals surface area contributed by atoms with Gasteiger partial charge in [0, 0.05) is 0 Å². The van der Waals surface area contributed by atoms with Crippen LogP contribution in [0.25, 0.3) is 0 Å². The molecule has 5 heteroatoms. The predicted octanol–water partition coefficient (Wildman–Crippen LogP) is 5.22. The lowest BCUT2D eigenvalue weighted by atomic mass is 9.83. The fourth-order valence-electron chi connectivity index (χ4n) is 3.49. The highest BCUT2D eigenvalue weighted by atomic mass is 32.2. The van der Waals surface area contributed by atoms with Crippen LogP contribution in [-0.4, -0.2) is 21.1 Å². The first kappa shape index (κ1) is 19.9. The summed E-state index contributed by atoms with van der Waals surface area (Å²) in [6, 6.07) is 15.1. The van der Waals surface area contributed by atoms with Crippen molar-refractivity contribution >= 4 is 10.1 Å². The summed E-state index contributed by atoms with van der Waals surface area (Å²) in [7, 11) is -3.69. The molecule has 146 valence electrons. The lowest BCUT2D eigenvalue weighted by Gasteiger charge is -2.28. The SMILES string of the molecule is CCCOc1ccc(C2CCC(OS(=O)(=O)c3ccc(C)cc3)CC2)cc1. The van der Waals surface area contributed by atoms with E-state index in [4.69, 9.17) is 8.92 Å². The maximum absolute atomic E-state index is 12.5. The molecule has 4 nitrogen and oxygen atoms in total. The summed E-state index contributed by atoms with van der Waals surface area (Å²) in [5.74, 6) is 1.36. The number of ether oxygens (including phenoxy) is 1. The average molecular weight is 389 g/mol. The summed E-state index contributed by atoms with van der Waals surface area (Å²) in [6.07, 6.45) is 4.14. The predicted molar refractivity (Wildman–Crippen MR) is 107 cm³/mol. The van der Waals surface area contributed by atoms with Gasteiger partial charge in [0.1, 0.15) is 5.75 Å². The van der Waals surface area contributed by atoms with Crippen LogP contribution in [0.2, 0.25) is 0 Å². The molecule has 0 radical (unpaired) electrons. The molecule has 0 unspecified atom stereocenters. The van der Waals surface area contributed by atoms with Crippen molar-refractivity contribution in [2.45, 2.75) is 62.9 Å². The third kappa shape index (κ3) is 5.33. The Bertz CT molecular complexity index is 818. The number of rotatable bonds is 7. The van der Waals surface area contributed by atoms with Crippen LogP contribution in [0, 0.1) is 6.92 Å². The number of hydrogen-bond donors (Lipinski definition) is 0. The molecule has 27 heavy (non-hydrogen) atoms. The van der Waals surface area contributed by atoms with Crippen molar-refractivity contribution in [2.24, 2.45) is 0 Å². The third-order valence-corrected chi connectivity index (χ3v) is 6.45. The first-order chi connectivity index (χ1) is 13.0. The maximum Gasteiger partial charge on any atom is 0.297 e. The van der Waals surface area contributed by atoms with E-state index >= 15 is 0 Å². The molecular formula is C22H28O4S. The molecule has 1 aliphatic carbocycles. The zero-order valence-corrected chi connectivity index (χ0v) is 16.9. The molecule has 0 aromatic heterocycles. The van der Waals surface area contributed by atoms with Gasteiger partial charge in [-0.2, -0.15) is 8.42 Å². The van der Waals surface area contributed by atoms with Gasteiger partial charge >= 0.3 is 0 Å². The molecule has 0 spiro atoms. The Morgan fingerprint density at radius 1 is 0.926 bits per heavy atom. The van der Waals surface area contributed by atoms with E-state index in [0.717, 1.165) is 50.0 Å². The minimum Gasteiger partial charge on any atom is -0.494 e. The highest BCUT2D eigenvalue weighted by molar-refractivity contribution is 7.86. The molecule has 0 saturated heterocycles. The molecule has 1 aliphatic rings. The molecule has 0 amide bonds. The molecule has 2 aromatic carbocycles. The highest BCUT2D eigenvalue weighted by Gasteiger charge is 2.27. The Labute approximate surface area is 162 Å². The Kier molecular flexibility index (Phi) is 6.55. The quantitative estimate of drug-likeness (QED) is 0.611. The van der Waals surface area contributed by atoms with E-state index < -0.39 is 10.1 Å². The van der Waals surface area contributed by atoms with E-state index in [1.165, 1.54) is 5.56 Å². The van der Waals surface area contributed by atoms with Crippen LogP contribution in [0.15, 0.2) is 53.4 Å². The Morgan fingerprint density at radius 3 is 2.15 bits per heavy atom. The van der Waals surface area contributed by atoms with Crippen molar-refractivity contribution < 1.29 is 17.3 Å². The zero-order chi connectivity index (χ0) is 19.3. The van der Waals surface area contributed by atoms with Gasteiger partial charge in [-0.25, -0.2) is 0 Å². The normalized spacial score (nSPS) is 20.4. The maximum atomic E-state index is 12.5. The van der Waals surface area contributed by atoms with Crippen LogP contribution in [0.5, 0.6) is 5.75 Å². The summed E-state index contributed by atoms with van der Waals surface area (Å²) in [5.41, 5.74) is 2.32. The van der Waals surface area contributed by atoms with Crippen LogP contribution in [0.4, 0.5) is 0 Å². The minimum atomic E-state index is -3.69. The van der Waals surface area contributed by atoms with Crippen LogP contribution in [0.3, 0.4) is 0 Å². The van der Waals surface area contributed by atoms with Gasteiger partial charge < -0.3 is 4.74 Å². The van der Waals surface area contributed by atoms with Gasteiger partial charge in [0.05, 0.1) is 17.6 Å². The second kappa shape index (κ2) is 8.89. The van der Waals surface area contributed by atoms with Crippen LogP contribution >= 0.6 is 0 Å². The van der Waals surface area contributed by atoms with Gasteiger partial charge in [-0.3, -0.25) is 4.18 Å². The minimum absolute atomic E-state index is 0.234. The zero-order valence-electron chi connectivity index (χ0n) is 16.1. The molecule has 2 aromatic rings. The number of hydrogen-bond acceptors (Lipinski definition) is 4. The summed E-state index contributed by atoms with van der Waals surface area (Å²) >= 11 is 0. The van der Waals surface area contributed by atoms with E-state index in [1.807, 2.05) is 19.1 Å². The van der Waals surface area contributed by atoms with E-state index in [-0.39, 0.29) is 11.0 Å². The summed E-state index contributed by atoms with van der Waals surface area (Å²) in [5, 5.41) is 0. The van der Waals surface area contributed by atoms with Crippen molar-refractivity contribution in [2.75, 3.05) is 6.61 Å². The summed E-state index contributed by atoms with van der Waals surface area (Å²) < 4.78 is 36.0. The first-order valence-electron chi connectivity index (χ1n) is 9.70. The third-order valence-electron chi connectivity index (χ3n) is 5.07. The summed E-state index contributed by atoms with van der Waals surface area (Å²) in [4.78, 5) is 0.234. The van der Waals surface area contributed by atoms with Crippen LogP contribution in [0.1, 0.15) is 56.1 Å². The highest BCUT2D eigenvalue weighted by Crippen LogP contribution is 2.35. The van der Waals surface area contributed by atoms with Gasteiger partial charge in [0.15, 0.2) is 0 Å². The molecule has 1 fully saturated rings. The second-order valence-corrected chi connectivity index (χ2v) is 8.83. The fraction of sp³-hybridized carbons (Fsp3) is 0.455. The van der Waals surface area contributed by atoms with Gasteiger partial charge in [-0.15, -0.1) is 0 Å². The molecule has 0 N–H and O–H groups in total. The lowest BCUT2D eigenvalue weighted by Crippen LogP contribution is -2.24. The van der Waals surface area contributed by atoms with E-state index in [1.54, 1.807) is 24.3 Å². The topological polar surface area (TPSA) is 52.6 Å². The van der Waals surface area contributed by atoms with Crippen molar-refractivity contribution in [3.8, 4) is 5.75 Å². The van der Waals surface area contributed by atoms with Gasteiger partial charge in [0.2, 0.25) is 0 Å². The fourth-order valence-corrected chi connectivity index (χ4v) is 4.62. The lowest BCUT2D eigenvalue weighted by molar-refractivity contribution is 0.153. The van der Waals surface area contributed by atoms with Crippen molar-refractivity contribution in [1.82, 2.24) is 0 Å². The largest absolute Gasteiger partial charge is 0.494 e. The summed E-state index contributed by atoms with van der Waals surface area (Å²) in [6.45, 7) is 4.76. The monoisotopic (exact) mass is 388 g/mol. The van der Waals surface area contributed by atoms with E-state index in [0.29, 0.717) is 5.92 Å². The van der Waals surface area contributed by atoms with Gasteiger partial charge in [-0.05, 0) is 74.8 Å². The Morgan fingerprint density at radius 2 is 1.56 bits per heavy atom. The smallest absolute Gasteiger partial charge is 0.297 e. The van der Waals surface area contributed by atoms with Crippen molar-refractivity contribution in [3.05, 3.63) is 59.7 Å². The van der Waals surface area contributed by atoms with Crippen molar-refractivity contribution in [1.29, 1.82) is 0 Å². The van der Waals surface area contributed by atoms with Gasteiger partial charge in [-0.1, -0.05) is 36.8 Å². The van der Waals surface area contributed by atoms with E-state index in [9.17, 15) is 8.42 Å².